The number of rotatable bonds is 3. The molecule has 0 aliphatic rings. The first-order valence-electron chi connectivity index (χ1n) is 3.39. The summed E-state index contributed by atoms with van der Waals surface area (Å²) in [5.74, 6) is -0.403. The predicted molar refractivity (Wildman–Crippen MR) is 51.7 cm³/mol. The second-order valence-corrected chi connectivity index (χ2v) is 3.30. The van der Waals surface area contributed by atoms with Gasteiger partial charge in [-0.25, -0.2) is 4.79 Å². The molecule has 0 heterocycles. The zero-order valence-corrected chi connectivity index (χ0v) is 8.35. The van der Waals surface area contributed by atoms with Crippen LogP contribution in [0.1, 0.15) is 10.4 Å². The number of aromatic carboxylic acids is 1. The van der Waals surface area contributed by atoms with Crippen molar-refractivity contribution in [2.24, 2.45) is 0 Å². The van der Waals surface area contributed by atoms with Gasteiger partial charge in [0.25, 0.3) is 0 Å². The summed E-state index contributed by atoms with van der Waals surface area (Å²) in [5, 5.41) is 8.68. The van der Waals surface area contributed by atoms with Crippen LogP contribution in [0, 0.1) is 0 Å². The summed E-state index contributed by atoms with van der Waals surface area (Å²) in [6.45, 7) is 0. The highest BCUT2D eigenvalue weighted by Gasteiger charge is 2.08. The number of carboxylic acids is 1. The van der Waals surface area contributed by atoms with E-state index in [1.54, 1.807) is 6.07 Å². The number of carbonyl (C=O) groups is 1. The second kappa shape index (κ2) is 4.39. The van der Waals surface area contributed by atoms with Gasteiger partial charge in [-0.1, -0.05) is 0 Å². The number of carboxylic acid groups (broad SMARTS) is 1. The van der Waals surface area contributed by atoms with Crippen LogP contribution in [0.25, 0.3) is 0 Å². The Labute approximate surface area is 84.2 Å². The maximum Gasteiger partial charge on any atom is 0.335 e. The summed E-state index contributed by atoms with van der Waals surface area (Å²) in [6.07, 6.45) is 0. The van der Waals surface area contributed by atoms with Gasteiger partial charge in [-0.3, -0.25) is 0 Å². The summed E-state index contributed by atoms with van der Waals surface area (Å²) in [7, 11) is 7.97. The van der Waals surface area contributed by atoms with Crippen molar-refractivity contribution in [2.75, 3.05) is 7.11 Å². The smallest absolute Gasteiger partial charge is 0.335 e. The molecule has 0 unspecified atom stereocenters. The fourth-order valence-electron chi connectivity index (χ4n) is 0.870. The Hall–Kier alpha value is -0.870. The summed E-state index contributed by atoms with van der Waals surface area (Å²) in [5.41, 5.74) is 0.198. The standard InChI is InChI=1S/C8H7ClO3S/c1-12-6-3-2-5(8(10)11)4-7(6)13-9/h2-4H,1H3,(H,10,11). The third-order valence-electron chi connectivity index (χ3n) is 1.49. The molecule has 0 bridgehead atoms. The Morgan fingerprint density at radius 2 is 2.31 bits per heavy atom. The van der Waals surface area contributed by atoms with Crippen LogP contribution in [0.4, 0.5) is 0 Å². The second-order valence-electron chi connectivity index (χ2n) is 2.25. The molecular weight excluding hydrogens is 212 g/mol. The molecular formula is C8H7ClO3S. The summed E-state index contributed by atoms with van der Waals surface area (Å²) >= 11 is 0. The zero-order valence-electron chi connectivity index (χ0n) is 6.78. The van der Waals surface area contributed by atoms with Crippen molar-refractivity contribution in [3.05, 3.63) is 23.8 Å². The Kier molecular flexibility index (Phi) is 3.45. The third kappa shape index (κ3) is 2.29. The van der Waals surface area contributed by atoms with E-state index in [4.69, 9.17) is 20.5 Å². The van der Waals surface area contributed by atoms with E-state index in [0.717, 1.165) is 11.0 Å². The van der Waals surface area contributed by atoms with Gasteiger partial charge in [0.05, 0.1) is 17.6 Å². The van der Waals surface area contributed by atoms with Gasteiger partial charge in [0.1, 0.15) is 5.75 Å². The number of halogens is 1. The lowest BCUT2D eigenvalue weighted by Crippen LogP contribution is -1.96. The fraction of sp³-hybridized carbons (Fsp3) is 0.125. The monoisotopic (exact) mass is 218 g/mol. The highest BCUT2D eigenvalue weighted by molar-refractivity contribution is 8.21. The molecule has 0 saturated carbocycles. The Morgan fingerprint density at radius 1 is 1.62 bits per heavy atom. The molecule has 13 heavy (non-hydrogen) atoms. The van der Waals surface area contributed by atoms with E-state index in [1.165, 1.54) is 19.2 Å². The molecule has 1 N–H and O–H groups in total. The Balaban J connectivity index is 3.13. The minimum atomic E-state index is -0.977. The van der Waals surface area contributed by atoms with Crippen LogP contribution in [-0.2, 0) is 0 Å². The Morgan fingerprint density at radius 3 is 2.77 bits per heavy atom. The molecule has 1 rings (SSSR count). The van der Waals surface area contributed by atoms with Gasteiger partial charge in [0.15, 0.2) is 0 Å². The number of methoxy groups -OCH3 is 1. The molecule has 5 heteroatoms. The SMILES string of the molecule is COc1ccc(C(=O)O)cc1SCl. The molecule has 3 nitrogen and oxygen atoms in total. The Bertz CT molecular complexity index is 327. The number of benzene rings is 1. The molecule has 0 aliphatic carbocycles. The van der Waals surface area contributed by atoms with Crippen LogP contribution in [-0.4, -0.2) is 18.2 Å². The highest BCUT2D eigenvalue weighted by Crippen LogP contribution is 2.32. The summed E-state index contributed by atoms with van der Waals surface area (Å²) < 4.78 is 4.97. The molecule has 1 aromatic rings. The predicted octanol–water partition coefficient (Wildman–Crippen LogP) is 2.64. The van der Waals surface area contributed by atoms with Crippen LogP contribution in [0.2, 0.25) is 0 Å². The van der Waals surface area contributed by atoms with Gasteiger partial charge in [-0.2, -0.15) is 0 Å². The van der Waals surface area contributed by atoms with Crippen LogP contribution in [0.3, 0.4) is 0 Å². The third-order valence-corrected chi connectivity index (χ3v) is 2.48. The van der Waals surface area contributed by atoms with Crippen molar-refractivity contribution < 1.29 is 14.6 Å². The van der Waals surface area contributed by atoms with Gasteiger partial charge in [0.2, 0.25) is 0 Å². The number of ether oxygens (including phenoxy) is 1. The molecule has 0 saturated heterocycles. The molecule has 0 aromatic heterocycles. The first-order valence-corrected chi connectivity index (χ1v) is 5.03. The van der Waals surface area contributed by atoms with E-state index in [1.807, 2.05) is 0 Å². The lowest BCUT2D eigenvalue weighted by atomic mass is 10.2. The molecule has 0 spiro atoms. The molecule has 0 amide bonds. The summed E-state index contributed by atoms with van der Waals surface area (Å²) in [4.78, 5) is 11.2. The minimum absolute atomic E-state index is 0.198. The first kappa shape index (κ1) is 10.2. The van der Waals surface area contributed by atoms with E-state index >= 15 is 0 Å². The van der Waals surface area contributed by atoms with Gasteiger partial charge in [-0.15, -0.1) is 0 Å². The average molecular weight is 219 g/mol. The highest BCUT2D eigenvalue weighted by atomic mass is 35.7. The van der Waals surface area contributed by atoms with Crippen molar-refractivity contribution in [1.82, 2.24) is 0 Å². The van der Waals surface area contributed by atoms with Crippen LogP contribution in [0.5, 0.6) is 5.75 Å². The lowest BCUT2D eigenvalue weighted by molar-refractivity contribution is 0.0696. The normalized spacial score (nSPS) is 9.69. The van der Waals surface area contributed by atoms with E-state index in [9.17, 15) is 4.79 Å². The quantitative estimate of drug-likeness (QED) is 0.847. The van der Waals surface area contributed by atoms with Gasteiger partial charge >= 0.3 is 5.97 Å². The van der Waals surface area contributed by atoms with Crippen molar-refractivity contribution in [3.8, 4) is 5.75 Å². The molecule has 0 atom stereocenters. The van der Waals surface area contributed by atoms with Crippen molar-refractivity contribution in [2.45, 2.75) is 4.90 Å². The van der Waals surface area contributed by atoms with E-state index in [0.29, 0.717) is 10.6 Å². The summed E-state index contributed by atoms with van der Waals surface area (Å²) in [6, 6.07) is 4.52. The van der Waals surface area contributed by atoms with E-state index in [2.05, 4.69) is 0 Å². The first-order chi connectivity index (χ1) is 6.19. The number of hydrogen-bond donors (Lipinski definition) is 1. The van der Waals surface area contributed by atoms with Gasteiger partial charge < -0.3 is 9.84 Å². The fourth-order valence-corrected chi connectivity index (χ4v) is 1.63. The van der Waals surface area contributed by atoms with Crippen LogP contribution >= 0.6 is 21.7 Å². The maximum absolute atomic E-state index is 10.6. The lowest BCUT2D eigenvalue weighted by Gasteiger charge is -2.04. The van der Waals surface area contributed by atoms with E-state index < -0.39 is 5.97 Å². The molecule has 70 valence electrons. The molecule has 0 radical (unpaired) electrons. The van der Waals surface area contributed by atoms with Crippen LogP contribution < -0.4 is 4.74 Å². The molecule has 1 aromatic carbocycles. The number of hydrogen-bond acceptors (Lipinski definition) is 3. The zero-order chi connectivity index (χ0) is 9.84. The molecule has 0 fully saturated rings. The molecule has 0 aliphatic heterocycles. The van der Waals surface area contributed by atoms with Crippen LogP contribution in [0.15, 0.2) is 23.1 Å². The maximum atomic E-state index is 10.6. The van der Waals surface area contributed by atoms with Crippen molar-refractivity contribution >= 4 is 27.6 Å². The van der Waals surface area contributed by atoms with E-state index in [-0.39, 0.29) is 5.56 Å². The topological polar surface area (TPSA) is 46.5 Å². The largest absolute Gasteiger partial charge is 0.496 e. The van der Waals surface area contributed by atoms with Crippen molar-refractivity contribution in [1.29, 1.82) is 0 Å². The van der Waals surface area contributed by atoms with Crippen molar-refractivity contribution in [3.63, 3.8) is 0 Å². The van der Waals surface area contributed by atoms with Gasteiger partial charge in [-0.05, 0) is 39.9 Å². The van der Waals surface area contributed by atoms with Gasteiger partial charge in [0, 0.05) is 0 Å². The average Bonchev–Trinajstić information content (AvgIpc) is 2.16. The minimum Gasteiger partial charge on any atom is -0.496 e.